The zero-order chi connectivity index (χ0) is 27.2. The molecule has 5 rings (SSSR count). The molecule has 0 aliphatic carbocycles. The van der Waals surface area contributed by atoms with Crippen molar-refractivity contribution in [3.8, 4) is 0 Å². The van der Waals surface area contributed by atoms with Crippen molar-refractivity contribution in [2.45, 2.75) is 37.2 Å². The molecule has 2 heterocycles. The maximum Gasteiger partial charge on any atom is 0.411 e. The van der Waals surface area contributed by atoms with E-state index in [9.17, 15) is 14.4 Å². The third-order valence-corrected chi connectivity index (χ3v) is 7.40. The van der Waals surface area contributed by atoms with Gasteiger partial charge in [0.15, 0.2) is 0 Å². The topological polar surface area (TPSA) is 114 Å². The molecule has 2 aliphatic rings. The lowest BCUT2D eigenvalue weighted by molar-refractivity contribution is -0.131. The maximum atomic E-state index is 14.0. The van der Waals surface area contributed by atoms with Crippen molar-refractivity contribution in [1.82, 2.24) is 4.90 Å². The van der Waals surface area contributed by atoms with Gasteiger partial charge in [-0.3, -0.25) is 14.9 Å². The van der Waals surface area contributed by atoms with Crippen molar-refractivity contribution in [2.24, 2.45) is 5.73 Å². The molecule has 0 unspecified atom stereocenters. The molecular formula is C29H32N4O4S. The van der Waals surface area contributed by atoms with Crippen LogP contribution in [0.25, 0.3) is 0 Å². The molecule has 0 radical (unpaired) electrons. The fourth-order valence-corrected chi connectivity index (χ4v) is 5.15. The summed E-state index contributed by atoms with van der Waals surface area (Å²) in [5.41, 5.74) is 10.9. The van der Waals surface area contributed by atoms with Crippen LogP contribution >= 0.6 is 11.8 Å². The number of nitrogens with zero attached hydrogens (tertiary/aromatic N) is 1. The Balaban J connectivity index is 1.77. The van der Waals surface area contributed by atoms with Crippen LogP contribution in [-0.2, 0) is 28.9 Å². The third kappa shape index (κ3) is 6.28. The second-order valence-electron chi connectivity index (χ2n) is 9.14. The van der Waals surface area contributed by atoms with E-state index in [1.165, 1.54) is 0 Å². The van der Waals surface area contributed by atoms with Gasteiger partial charge < -0.3 is 20.7 Å². The SMILES string of the molecule is CCc1cc2ccc1CCOC(=O)Nc1ccc(SC)c(c1)CN(C)C(=O)[C@@H]2Nc1cccc(C(N)=O)c1. The van der Waals surface area contributed by atoms with E-state index in [4.69, 9.17) is 10.5 Å². The fourth-order valence-electron chi connectivity index (χ4n) is 4.56. The Labute approximate surface area is 226 Å². The molecule has 0 fully saturated rings. The number of carbonyl (C=O) groups excluding carboxylic acids is 3. The summed E-state index contributed by atoms with van der Waals surface area (Å²) >= 11 is 1.57. The Bertz CT molecular complexity index is 1360. The Morgan fingerprint density at radius 3 is 2.68 bits per heavy atom. The van der Waals surface area contributed by atoms with E-state index in [1.807, 2.05) is 48.7 Å². The highest BCUT2D eigenvalue weighted by molar-refractivity contribution is 7.98. The van der Waals surface area contributed by atoms with Crippen LogP contribution in [-0.4, -0.2) is 42.7 Å². The van der Waals surface area contributed by atoms with Crippen LogP contribution in [0.5, 0.6) is 0 Å². The first-order chi connectivity index (χ1) is 18.3. The number of rotatable bonds is 5. The first kappa shape index (κ1) is 27.1. The number of likely N-dealkylation sites (N-methyl/N-ethyl adjacent to an activating group) is 1. The molecule has 2 aliphatic heterocycles. The third-order valence-electron chi connectivity index (χ3n) is 6.56. The van der Waals surface area contributed by atoms with Crippen LogP contribution in [0.3, 0.4) is 0 Å². The van der Waals surface area contributed by atoms with E-state index < -0.39 is 18.0 Å². The number of fused-ring (bicyclic) bond motifs is 9. The van der Waals surface area contributed by atoms with E-state index in [2.05, 4.69) is 17.6 Å². The summed E-state index contributed by atoms with van der Waals surface area (Å²) in [4.78, 5) is 40.8. The van der Waals surface area contributed by atoms with Gasteiger partial charge in [0.2, 0.25) is 11.8 Å². The van der Waals surface area contributed by atoms with Crippen LogP contribution in [0, 0.1) is 0 Å². The van der Waals surface area contributed by atoms with Gasteiger partial charge >= 0.3 is 6.09 Å². The Morgan fingerprint density at radius 2 is 1.95 bits per heavy atom. The van der Waals surface area contributed by atoms with E-state index in [1.54, 1.807) is 41.9 Å². The minimum atomic E-state index is -0.702. The molecule has 1 atom stereocenters. The largest absolute Gasteiger partial charge is 0.449 e. The van der Waals surface area contributed by atoms with E-state index in [0.29, 0.717) is 29.9 Å². The van der Waals surface area contributed by atoms with Gasteiger partial charge in [-0.25, -0.2) is 4.79 Å². The number of thioether (sulfide) groups is 1. The average Bonchev–Trinajstić information content (AvgIpc) is 2.91. The molecule has 4 N–H and O–H groups in total. The summed E-state index contributed by atoms with van der Waals surface area (Å²) in [5.74, 6) is -0.673. The van der Waals surface area contributed by atoms with Gasteiger partial charge in [-0.1, -0.05) is 31.2 Å². The van der Waals surface area contributed by atoms with Gasteiger partial charge in [0, 0.05) is 41.8 Å². The molecule has 8 nitrogen and oxygen atoms in total. The number of hydrogen-bond donors (Lipinski definition) is 3. The second-order valence-corrected chi connectivity index (χ2v) is 9.98. The van der Waals surface area contributed by atoms with Crippen molar-refractivity contribution in [2.75, 3.05) is 30.5 Å². The van der Waals surface area contributed by atoms with Crippen molar-refractivity contribution in [3.05, 3.63) is 88.5 Å². The number of primary amides is 1. The predicted molar refractivity (Wildman–Crippen MR) is 151 cm³/mol. The number of anilines is 2. The van der Waals surface area contributed by atoms with E-state index >= 15 is 0 Å². The number of aryl methyl sites for hydroxylation is 1. The molecule has 38 heavy (non-hydrogen) atoms. The van der Waals surface area contributed by atoms with Gasteiger partial charge in [0.25, 0.3) is 0 Å². The van der Waals surface area contributed by atoms with Crippen LogP contribution in [0.1, 0.15) is 45.6 Å². The molecule has 3 aromatic rings. The number of nitrogens with one attached hydrogen (secondary N) is 2. The first-order valence-corrected chi connectivity index (χ1v) is 13.6. The number of amides is 3. The summed E-state index contributed by atoms with van der Waals surface area (Å²) in [6.45, 7) is 2.62. The Morgan fingerprint density at radius 1 is 1.13 bits per heavy atom. The molecule has 0 saturated carbocycles. The zero-order valence-electron chi connectivity index (χ0n) is 21.7. The number of hydrogen-bond acceptors (Lipinski definition) is 6. The van der Waals surface area contributed by atoms with Gasteiger partial charge in [-0.05, 0) is 71.3 Å². The van der Waals surface area contributed by atoms with Crippen molar-refractivity contribution in [1.29, 1.82) is 0 Å². The summed E-state index contributed by atoms with van der Waals surface area (Å²) in [6, 6.07) is 17.7. The van der Waals surface area contributed by atoms with Gasteiger partial charge in [-0.15, -0.1) is 11.8 Å². The lowest BCUT2D eigenvalue weighted by Gasteiger charge is -2.27. The highest BCUT2D eigenvalue weighted by Crippen LogP contribution is 2.29. The van der Waals surface area contributed by atoms with E-state index in [-0.39, 0.29) is 12.5 Å². The van der Waals surface area contributed by atoms with Crippen LogP contribution < -0.4 is 16.4 Å². The van der Waals surface area contributed by atoms with Gasteiger partial charge in [-0.2, -0.15) is 0 Å². The number of carbonyl (C=O) groups is 3. The van der Waals surface area contributed by atoms with Gasteiger partial charge in [0.1, 0.15) is 6.04 Å². The monoisotopic (exact) mass is 532 g/mol. The minimum absolute atomic E-state index is 0.138. The average molecular weight is 533 g/mol. The molecule has 0 saturated heterocycles. The van der Waals surface area contributed by atoms with Crippen LogP contribution in [0.15, 0.2) is 65.6 Å². The van der Waals surface area contributed by atoms with Crippen molar-refractivity contribution >= 4 is 41.0 Å². The molecular weight excluding hydrogens is 500 g/mol. The molecule has 0 aromatic heterocycles. The lowest BCUT2D eigenvalue weighted by Crippen LogP contribution is -2.35. The molecule has 3 amide bonds. The number of ether oxygens (including phenoxy) is 1. The highest BCUT2D eigenvalue weighted by Gasteiger charge is 2.26. The summed E-state index contributed by atoms with van der Waals surface area (Å²) in [6.07, 6.45) is 2.77. The second kappa shape index (κ2) is 12.0. The smallest absolute Gasteiger partial charge is 0.411 e. The number of nitrogens with two attached hydrogens (primary N) is 1. The summed E-state index contributed by atoms with van der Waals surface area (Å²) in [5, 5.41) is 6.14. The normalized spacial score (nSPS) is 16.1. The fraction of sp³-hybridized carbons (Fsp3) is 0.276. The quantitative estimate of drug-likeness (QED) is 0.399. The van der Waals surface area contributed by atoms with Crippen molar-refractivity contribution < 1.29 is 19.1 Å². The summed E-state index contributed by atoms with van der Waals surface area (Å²) in [7, 11) is 1.76. The molecule has 4 bridgehead atoms. The maximum absolute atomic E-state index is 14.0. The number of benzene rings is 3. The zero-order valence-corrected chi connectivity index (χ0v) is 22.6. The van der Waals surface area contributed by atoms with Crippen LogP contribution in [0.4, 0.5) is 16.2 Å². The standard InChI is InChI=1S/C29H32N4O4S/c1-4-18-14-20-9-8-19(18)12-13-37-29(36)32-24-10-11-25(38-3)22(16-24)17-33(2)28(35)26(20)31-23-7-5-6-21(15-23)27(30)34/h5-11,14-16,26,31H,4,12-13,17H2,1-3H3,(H2,30,34)(H,32,36)/t26-/m1/s1. The first-order valence-electron chi connectivity index (χ1n) is 12.4. The molecule has 198 valence electrons. The lowest BCUT2D eigenvalue weighted by atomic mass is 9.95. The highest BCUT2D eigenvalue weighted by atomic mass is 32.2. The van der Waals surface area contributed by atoms with Gasteiger partial charge in [0.05, 0.1) is 6.61 Å². The predicted octanol–water partition coefficient (Wildman–Crippen LogP) is 4.99. The van der Waals surface area contributed by atoms with E-state index in [0.717, 1.165) is 33.6 Å². The Hall–Kier alpha value is -3.98. The molecule has 3 aromatic carbocycles. The summed E-state index contributed by atoms with van der Waals surface area (Å²) < 4.78 is 5.45. The van der Waals surface area contributed by atoms with Crippen molar-refractivity contribution in [3.63, 3.8) is 0 Å². The van der Waals surface area contributed by atoms with Crippen LogP contribution in [0.2, 0.25) is 0 Å². The molecule has 0 spiro atoms. The Kier molecular flexibility index (Phi) is 8.58. The minimum Gasteiger partial charge on any atom is -0.449 e. The molecule has 9 heteroatoms.